The Balaban J connectivity index is 1.31. The van der Waals surface area contributed by atoms with E-state index in [-0.39, 0.29) is 84.1 Å². The van der Waals surface area contributed by atoms with Gasteiger partial charge >= 0.3 is 0 Å². The lowest BCUT2D eigenvalue weighted by Crippen LogP contribution is -2.68. The standard InChI is InChI=1S/C52H100N3O16/c1-32-23-53(3,4)24-34(32)10-11-35-25-54(5,6)26-36(35)12-13-37-27-55(7,8)28-39(37)21-52(71-49-38(29-66-17-14-56)20-41(65-9)44(60)45(49)61)22-40(30-67-18-15-57)48(47(63)50(52)64)70-51-46(62)43(59)33(2)42(69-51)31-68-19-16-58/h32-51,56-64H,10-31H2,1-9H3/q+3. The van der Waals surface area contributed by atoms with Crippen LogP contribution in [0.25, 0.3) is 0 Å². The summed E-state index contributed by atoms with van der Waals surface area (Å²) in [5.41, 5.74) is -1.56. The van der Waals surface area contributed by atoms with Gasteiger partial charge in [0.25, 0.3) is 0 Å². The van der Waals surface area contributed by atoms with Crippen molar-refractivity contribution in [2.45, 2.75) is 132 Å². The number of hydrogen-bond donors (Lipinski definition) is 9. The molecule has 0 radical (unpaired) electrons. The molecule has 6 fully saturated rings. The molecule has 4 aliphatic heterocycles. The summed E-state index contributed by atoms with van der Waals surface area (Å²) in [5.74, 6) is 1.05. The monoisotopic (exact) mass is 1020 g/mol. The van der Waals surface area contributed by atoms with Gasteiger partial charge in [-0.3, -0.25) is 0 Å². The first-order valence-electron chi connectivity index (χ1n) is 27.1. The Morgan fingerprint density at radius 3 is 1.56 bits per heavy atom. The van der Waals surface area contributed by atoms with Gasteiger partial charge < -0.3 is 92.6 Å². The zero-order chi connectivity index (χ0) is 52.1. The summed E-state index contributed by atoms with van der Waals surface area (Å²) in [7, 11) is 15.4. The Morgan fingerprint density at radius 2 is 1.03 bits per heavy atom. The van der Waals surface area contributed by atoms with E-state index in [1.807, 2.05) is 0 Å². The van der Waals surface area contributed by atoms with Crippen molar-refractivity contribution in [3.63, 3.8) is 0 Å². The van der Waals surface area contributed by atoms with Gasteiger partial charge in [-0.2, -0.15) is 0 Å². The van der Waals surface area contributed by atoms with Crippen LogP contribution in [0.5, 0.6) is 0 Å². The van der Waals surface area contributed by atoms with Crippen molar-refractivity contribution in [3.05, 3.63) is 0 Å². The van der Waals surface area contributed by atoms with Crippen LogP contribution in [0.4, 0.5) is 0 Å². The number of rotatable bonds is 25. The SMILES string of the molecule is COC1CC(COCCO)C(OC2(CC3C[N+](C)(C)CC3CCC3C[N+](C)(C)CC3CCC3C[N+](C)(C)CC3C)CC(COCCO)C(OC3OC(COCCO)C(C)C(O)C3O)C(O)C2O)C(O)C1O. The van der Waals surface area contributed by atoms with E-state index in [2.05, 4.69) is 49.2 Å². The fourth-order valence-electron chi connectivity index (χ4n) is 14.6. The third-order valence-electron chi connectivity index (χ3n) is 18.0. The van der Waals surface area contributed by atoms with E-state index in [1.54, 1.807) is 6.92 Å². The summed E-state index contributed by atoms with van der Waals surface area (Å²) < 4.78 is 45.9. The van der Waals surface area contributed by atoms with Gasteiger partial charge in [-0.05, 0) is 44.9 Å². The van der Waals surface area contributed by atoms with Gasteiger partial charge in [0.05, 0.1) is 177 Å². The summed E-state index contributed by atoms with van der Waals surface area (Å²) in [6.45, 7) is 9.93. The number of methoxy groups -OCH3 is 1. The highest BCUT2D eigenvalue weighted by Gasteiger charge is 2.61. The molecule has 0 bridgehead atoms. The summed E-state index contributed by atoms with van der Waals surface area (Å²) in [6.07, 6.45) is -9.03. The second-order valence-corrected chi connectivity index (χ2v) is 25.2. The summed E-state index contributed by atoms with van der Waals surface area (Å²) in [6, 6.07) is 0. The minimum atomic E-state index is -1.67. The van der Waals surface area contributed by atoms with Crippen LogP contribution in [0.3, 0.4) is 0 Å². The highest BCUT2D eigenvalue weighted by atomic mass is 16.7. The van der Waals surface area contributed by atoms with Crippen LogP contribution in [0, 0.1) is 53.3 Å². The first-order valence-corrected chi connectivity index (χ1v) is 27.1. The molecule has 19 nitrogen and oxygen atoms in total. The summed E-state index contributed by atoms with van der Waals surface area (Å²) in [4.78, 5) is 0. The molecule has 4 saturated heterocycles. The first kappa shape index (κ1) is 59.5. The van der Waals surface area contributed by atoms with Crippen LogP contribution in [0.2, 0.25) is 0 Å². The number of aliphatic hydroxyl groups excluding tert-OH is 9. The smallest absolute Gasteiger partial charge is 0.186 e. The molecule has 0 aromatic heterocycles. The van der Waals surface area contributed by atoms with Crippen molar-refractivity contribution < 1.29 is 92.6 Å². The molecule has 0 aromatic carbocycles. The topological polar surface area (TPSA) is 247 Å². The van der Waals surface area contributed by atoms with E-state index in [9.17, 15) is 46.0 Å². The third kappa shape index (κ3) is 14.8. The molecule has 21 atom stereocenters. The zero-order valence-electron chi connectivity index (χ0n) is 44.8. The molecule has 6 aliphatic rings. The number of likely N-dealkylation sites (tertiary alicyclic amines) is 3. The molecule has 4 heterocycles. The van der Waals surface area contributed by atoms with Crippen LogP contribution in [-0.2, 0) is 33.2 Å². The molecular formula is C52H100N3O16+3. The molecule has 416 valence electrons. The van der Waals surface area contributed by atoms with Crippen LogP contribution >= 0.6 is 0 Å². The minimum Gasteiger partial charge on any atom is -0.394 e. The van der Waals surface area contributed by atoms with Crippen molar-refractivity contribution in [2.75, 3.05) is 148 Å². The molecule has 0 aromatic rings. The highest BCUT2D eigenvalue weighted by molar-refractivity contribution is 5.08. The number of nitrogens with zero attached hydrogens (tertiary/aromatic N) is 3. The fourth-order valence-corrected chi connectivity index (χ4v) is 14.6. The maximum Gasteiger partial charge on any atom is 0.186 e. The average molecular weight is 1020 g/mol. The van der Waals surface area contributed by atoms with Gasteiger partial charge in [-0.1, -0.05) is 13.8 Å². The lowest BCUT2D eigenvalue weighted by Gasteiger charge is -2.55. The maximum absolute atomic E-state index is 12.9. The quantitative estimate of drug-likeness (QED) is 0.0395. The normalized spacial score (nSPS) is 44.4. The first-order chi connectivity index (χ1) is 33.5. The van der Waals surface area contributed by atoms with Crippen molar-refractivity contribution >= 4 is 0 Å². The lowest BCUT2D eigenvalue weighted by molar-refractivity contribution is -0.881. The second-order valence-electron chi connectivity index (χ2n) is 25.2. The van der Waals surface area contributed by atoms with Gasteiger partial charge in [0.2, 0.25) is 0 Å². The third-order valence-corrected chi connectivity index (χ3v) is 18.0. The van der Waals surface area contributed by atoms with Gasteiger partial charge in [0.15, 0.2) is 6.29 Å². The van der Waals surface area contributed by atoms with Gasteiger partial charge in [-0.25, -0.2) is 0 Å². The van der Waals surface area contributed by atoms with E-state index >= 15 is 0 Å². The summed E-state index contributed by atoms with van der Waals surface area (Å²) in [5, 5.41) is 100. The van der Waals surface area contributed by atoms with Crippen LogP contribution in [0.15, 0.2) is 0 Å². The summed E-state index contributed by atoms with van der Waals surface area (Å²) >= 11 is 0. The van der Waals surface area contributed by atoms with Crippen molar-refractivity contribution in [1.82, 2.24) is 0 Å². The van der Waals surface area contributed by atoms with Crippen molar-refractivity contribution in [2.24, 2.45) is 53.3 Å². The molecule has 2 aliphatic carbocycles. The number of ether oxygens (including phenoxy) is 7. The van der Waals surface area contributed by atoms with E-state index in [1.165, 1.54) is 39.6 Å². The Kier molecular flexibility index (Phi) is 21.4. The van der Waals surface area contributed by atoms with E-state index in [4.69, 9.17) is 33.2 Å². The molecular weight excluding hydrogens is 923 g/mol. The largest absolute Gasteiger partial charge is 0.394 e. The predicted molar refractivity (Wildman–Crippen MR) is 262 cm³/mol. The lowest BCUT2D eigenvalue weighted by atomic mass is 9.67. The highest BCUT2D eigenvalue weighted by Crippen LogP contribution is 2.49. The maximum atomic E-state index is 12.9. The van der Waals surface area contributed by atoms with E-state index in [0.29, 0.717) is 18.3 Å². The minimum absolute atomic E-state index is 0.00273. The fraction of sp³-hybridized carbons (Fsp3) is 1.00. The van der Waals surface area contributed by atoms with Crippen LogP contribution in [-0.4, -0.2) is 280 Å². The van der Waals surface area contributed by atoms with Crippen molar-refractivity contribution in [3.8, 4) is 0 Å². The molecule has 21 unspecified atom stereocenters. The molecule has 71 heavy (non-hydrogen) atoms. The van der Waals surface area contributed by atoms with Gasteiger partial charge in [0, 0.05) is 60.4 Å². The molecule has 6 rings (SSSR count). The molecule has 9 N–H and O–H groups in total. The molecule has 19 heteroatoms. The number of hydrogen-bond acceptors (Lipinski definition) is 16. The Morgan fingerprint density at radius 1 is 0.535 bits per heavy atom. The zero-order valence-corrected chi connectivity index (χ0v) is 44.8. The van der Waals surface area contributed by atoms with Crippen LogP contribution < -0.4 is 0 Å². The second kappa shape index (κ2) is 25.6. The van der Waals surface area contributed by atoms with Crippen LogP contribution in [0.1, 0.15) is 58.8 Å². The Labute approximate surface area is 424 Å². The average Bonchev–Trinajstić information content (AvgIpc) is 3.89. The predicted octanol–water partition coefficient (Wildman–Crippen LogP) is -0.959. The van der Waals surface area contributed by atoms with Gasteiger partial charge in [0.1, 0.15) is 30.5 Å². The Bertz CT molecular complexity index is 1600. The van der Waals surface area contributed by atoms with E-state index in [0.717, 1.165) is 57.8 Å². The molecule has 0 spiro atoms. The molecule has 2 saturated carbocycles. The number of aliphatic hydroxyl groups is 9. The van der Waals surface area contributed by atoms with E-state index < -0.39 is 90.7 Å². The van der Waals surface area contributed by atoms with Gasteiger partial charge in [-0.15, -0.1) is 0 Å². The number of quaternary nitrogens is 3. The Hall–Kier alpha value is -0.760. The molecule has 0 amide bonds. The van der Waals surface area contributed by atoms with Crippen molar-refractivity contribution in [1.29, 1.82) is 0 Å².